The lowest BCUT2D eigenvalue weighted by Crippen LogP contribution is -2.10. The molecule has 0 amide bonds. The van der Waals surface area contributed by atoms with Gasteiger partial charge in [-0.15, -0.1) is 0 Å². The summed E-state index contributed by atoms with van der Waals surface area (Å²) < 4.78 is 8.01. The third-order valence-electron chi connectivity index (χ3n) is 3.16. The van der Waals surface area contributed by atoms with Crippen LogP contribution in [0.5, 0.6) is 5.75 Å². The minimum atomic E-state index is -0.961. The minimum Gasteiger partial charge on any atom is -0.492 e. The Bertz CT molecular complexity index is 679. The smallest absolute Gasteiger partial charge is 0.354 e. The van der Waals surface area contributed by atoms with E-state index in [1.165, 1.54) is 4.68 Å². The van der Waals surface area contributed by atoms with E-state index in [2.05, 4.69) is 21.0 Å². The molecule has 0 saturated carbocycles. The Labute approximate surface area is 117 Å². The second-order valence-corrected chi connectivity index (χ2v) is 5.26. The van der Waals surface area contributed by atoms with E-state index in [0.717, 1.165) is 21.3 Å². The third-order valence-corrected chi connectivity index (χ3v) is 3.65. The van der Waals surface area contributed by atoms with E-state index in [0.29, 0.717) is 18.7 Å². The van der Waals surface area contributed by atoms with E-state index in [1.807, 2.05) is 18.2 Å². The number of hydrogen-bond acceptors (Lipinski definition) is 3. The molecule has 0 aliphatic carbocycles. The molecule has 0 spiro atoms. The molecule has 0 saturated heterocycles. The number of aromatic nitrogens is 2. The van der Waals surface area contributed by atoms with E-state index in [-0.39, 0.29) is 5.69 Å². The Kier molecular flexibility index (Phi) is 2.82. The molecule has 1 aliphatic rings. The average molecular weight is 323 g/mol. The Morgan fingerprint density at radius 2 is 2.32 bits per heavy atom. The van der Waals surface area contributed by atoms with Crippen LogP contribution < -0.4 is 4.74 Å². The van der Waals surface area contributed by atoms with Crippen LogP contribution in [0.25, 0.3) is 11.3 Å². The van der Waals surface area contributed by atoms with E-state index in [1.54, 1.807) is 7.05 Å². The number of fused-ring (bicyclic) bond motifs is 3. The predicted octanol–water partition coefficient (Wildman–Crippen LogP) is 2.48. The molecule has 0 atom stereocenters. The number of carbonyl (C=O) groups is 1. The van der Waals surface area contributed by atoms with Crippen molar-refractivity contribution in [3.8, 4) is 17.0 Å². The zero-order valence-corrected chi connectivity index (χ0v) is 11.8. The monoisotopic (exact) mass is 322 g/mol. The van der Waals surface area contributed by atoms with Gasteiger partial charge in [0.1, 0.15) is 17.1 Å². The van der Waals surface area contributed by atoms with Crippen LogP contribution in [0.15, 0.2) is 22.7 Å². The van der Waals surface area contributed by atoms with E-state index in [4.69, 9.17) is 4.74 Å². The van der Waals surface area contributed by atoms with Crippen LogP contribution in [0.1, 0.15) is 16.1 Å². The van der Waals surface area contributed by atoms with Gasteiger partial charge in [-0.05, 0) is 18.2 Å². The summed E-state index contributed by atoms with van der Waals surface area (Å²) in [5, 5.41) is 13.6. The zero-order valence-electron chi connectivity index (χ0n) is 10.2. The lowest BCUT2D eigenvalue weighted by molar-refractivity contribution is 0.0683. The number of aromatic carboxylic acids is 1. The predicted molar refractivity (Wildman–Crippen MR) is 72.5 cm³/mol. The number of aryl methyl sites for hydroxylation is 1. The second kappa shape index (κ2) is 4.38. The molecule has 2 heterocycles. The van der Waals surface area contributed by atoms with Crippen LogP contribution in [0.2, 0.25) is 0 Å². The summed E-state index contributed by atoms with van der Waals surface area (Å²) in [5.41, 5.74) is 2.49. The van der Waals surface area contributed by atoms with Crippen molar-refractivity contribution in [2.24, 2.45) is 7.05 Å². The van der Waals surface area contributed by atoms with Crippen molar-refractivity contribution in [2.45, 2.75) is 6.42 Å². The summed E-state index contributed by atoms with van der Waals surface area (Å²) in [6, 6.07) is 5.66. The maximum Gasteiger partial charge on any atom is 0.354 e. The SMILES string of the molecule is Cn1nc2c(c1C(=O)O)CCOc1cc(Br)ccc1-2. The number of halogens is 1. The molecule has 1 aromatic heterocycles. The van der Waals surface area contributed by atoms with Crippen LogP contribution in [-0.4, -0.2) is 27.5 Å². The Hall–Kier alpha value is -1.82. The van der Waals surface area contributed by atoms with E-state index < -0.39 is 5.97 Å². The lowest BCUT2D eigenvalue weighted by Gasteiger charge is -2.06. The summed E-state index contributed by atoms with van der Waals surface area (Å²) in [5.74, 6) is -0.236. The van der Waals surface area contributed by atoms with Gasteiger partial charge in [-0.1, -0.05) is 15.9 Å². The zero-order chi connectivity index (χ0) is 13.6. The summed E-state index contributed by atoms with van der Waals surface area (Å²) >= 11 is 3.40. The first-order valence-electron chi connectivity index (χ1n) is 5.80. The molecule has 1 N–H and O–H groups in total. The number of benzene rings is 1. The van der Waals surface area contributed by atoms with Gasteiger partial charge in [0.05, 0.1) is 6.61 Å². The molecule has 0 radical (unpaired) electrons. The molecular weight excluding hydrogens is 312 g/mol. The molecule has 2 aromatic rings. The fourth-order valence-corrected chi connectivity index (χ4v) is 2.70. The Morgan fingerprint density at radius 1 is 1.53 bits per heavy atom. The number of carboxylic acid groups (broad SMARTS) is 1. The van der Waals surface area contributed by atoms with Crippen molar-refractivity contribution >= 4 is 21.9 Å². The highest BCUT2D eigenvalue weighted by Crippen LogP contribution is 2.37. The van der Waals surface area contributed by atoms with Gasteiger partial charge in [0.15, 0.2) is 0 Å². The summed E-state index contributed by atoms with van der Waals surface area (Å²) in [6.45, 7) is 0.447. The van der Waals surface area contributed by atoms with Gasteiger partial charge in [-0.2, -0.15) is 5.10 Å². The molecule has 1 aliphatic heterocycles. The first-order chi connectivity index (χ1) is 9.08. The van der Waals surface area contributed by atoms with Crippen molar-refractivity contribution in [2.75, 3.05) is 6.61 Å². The number of hydrogen-bond donors (Lipinski definition) is 1. The van der Waals surface area contributed by atoms with Crippen molar-refractivity contribution in [1.82, 2.24) is 9.78 Å². The molecular formula is C13H11BrN2O3. The maximum atomic E-state index is 11.3. The molecule has 98 valence electrons. The van der Waals surface area contributed by atoms with Gasteiger partial charge in [-0.25, -0.2) is 4.79 Å². The van der Waals surface area contributed by atoms with E-state index >= 15 is 0 Å². The largest absolute Gasteiger partial charge is 0.492 e. The molecule has 19 heavy (non-hydrogen) atoms. The summed E-state index contributed by atoms with van der Waals surface area (Å²) in [7, 11) is 1.65. The van der Waals surface area contributed by atoms with Crippen LogP contribution in [0.3, 0.4) is 0 Å². The number of ether oxygens (including phenoxy) is 1. The highest BCUT2D eigenvalue weighted by atomic mass is 79.9. The van der Waals surface area contributed by atoms with Crippen molar-refractivity contribution in [1.29, 1.82) is 0 Å². The van der Waals surface area contributed by atoms with E-state index in [9.17, 15) is 9.90 Å². The molecule has 0 fully saturated rings. The molecule has 1 aromatic carbocycles. The van der Waals surface area contributed by atoms with Crippen LogP contribution in [0, 0.1) is 0 Å². The highest BCUT2D eigenvalue weighted by molar-refractivity contribution is 9.10. The van der Waals surface area contributed by atoms with Gasteiger partial charge in [0.2, 0.25) is 0 Å². The average Bonchev–Trinajstić information content (AvgIpc) is 2.57. The highest BCUT2D eigenvalue weighted by Gasteiger charge is 2.26. The van der Waals surface area contributed by atoms with Crippen LogP contribution in [-0.2, 0) is 13.5 Å². The molecule has 0 unspecified atom stereocenters. The van der Waals surface area contributed by atoms with Crippen molar-refractivity contribution in [3.63, 3.8) is 0 Å². The van der Waals surface area contributed by atoms with Gasteiger partial charge >= 0.3 is 5.97 Å². The summed E-state index contributed by atoms with van der Waals surface area (Å²) in [4.78, 5) is 11.3. The lowest BCUT2D eigenvalue weighted by atomic mass is 10.0. The van der Waals surface area contributed by atoms with Gasteiger partial charge in [0, 0.05) is 29.1 Å². The van der Waals surface area contributed by atoms with Crippen molar-refractivity contribution < 1.29 is 14.6 Å². The number of nitrogens with zero attached hydrogens (tertiary/aromatic N) is 2. The second-order valence-electron chi connectivity index (χ2n) is 4.34. The van der Waals surface area contributed by atoms with Gasteiger partial charge in [-0.3, -0.25) is 4.68 Å². The van der Waals surface area contributed by atoms with Crippen LogP contribution in [0.4, 0.5) is 0 Å². The quantitative estimate of drug-likeness (QED) is 0.876. The topological polar surface area (TPSA) is 64.4 Å². The Balaban J connectivity index is 2.27. The molecule has 5 nitrogen and oxygen atoms in total. The third kappa shape index (κ3) is 1.92. The van der Waals surface area contributed by atoms with Gasteiger partial charge < -0.3 is 9.84 Å². The Morgan fingerprint density at radius 3 is 3.05 bits per heavy atom. The van der Waals surface area contributed by atoms with Gasteiger partial charge in [0.25, 0.3) is 0 Å². The molecule has 6 heteroatoms. The first-order valence-corrected chi connectivity index (χ1v) is 6.59. The fourth-order valence-electron chi connectivity index (χ4n) is 2.36. The standard InChI is InChI=1S/C13H11BrN2O3/c1-16-12(13(17)18)9-4-5-19-10-6-7(14)2-3-8(10)11(9)15-16/h2-3,6H,4-5H2,1H3,(H,17,18). The van der Waals surface area contributed by atoms with Crippen LogP contribution >= 0.6 is 15.9 Å². The minimum absolute atomic E-state index is 0.231. The maximum absolute atomic E-state index is 11.3. The number of carboxylic acids is 1. The number of rotatable bonds is 1. The molecule has 0 bridgehead atoms. The fraction of sp³-hybridized carbons (Fsp3) is 0.231. The first kappa shape index (κ1) is 12.2. The summed E-state index contributed by atoms with van der Waals surface area (Å²) in [6.07, 6.45) is 0.539. The molecule has 3 rings (SSSR count). The van der Waals surface area contributed by atoms with Crippen molar-refractivity contribution in [3.05, 3.63) is 33.9 Å². The normalized spacial score (nSPS) is 13.2.